The molecule has 0 saturated heterocycles. The first-order chi connectivity index (χ1) is 8.56. The molecule has 0 fully saturated rings. The van der Waals surface area contributed by atoms with E-state index in [0.29, 0.717) is 0 Å². The van der Waals surface area contributed by atoms with Gasteiger partial charge in [0, 0.05) is 19.3 Å². The molecule has 9 nitrogen and oxygen atoms in total. The van der Waals surface area contributed by atoms with Crippen molar-refractivity contribution in [2.75, 3.05) is 18.4 Å². The number of nitrogens with one attached hydrogen (secondary N) is 2. The van der Waals surface area contributed by atoms with Crippen molar-refractivity contribution in [2.24, 2.45) is 5.73 Å². The lowest BCUT2D eigenvalue weighted by molar-refractivity contribution is -0.384. The van der Waals surface area contributed by atoms with Crippen molar-refractivity contribution in [3.05, 3.63) is 27.9 Å². The molecule has 0 spiro atoms. The molecule has 0 radical (unpaired) electrons. The minimum atomic E-state index is -0.690. The number of carbonyl (C=O) groups is 1. The first kappa shape index (κ1) is 13.2. The van der Waals surface area contributed by atoms with E-state index in [0.717, 1.165) is 0 Å². The van der Waals surface area contributed by atoms with E-state index in [2.05, 4.69) is 15.6 Å². The summed E-state index contributed by atoms with van der Waals surface area (Å²) >= 11 is 0. The summed E-state index contributed by atoms with van der Waals surface area (Å²) in [5.41, 5.74) is 4.38. The van der Waals surface area contributed by atoms with Crippen LogP contribution in [0, 0.1) is 21.4 Å². The first-order valence-electron chi connectivity index (χ1n) is 4.87. The highest BCUT2D eigenvalue weighted by Gasteiger charge is 2.20. The fourth-order valence-electron chi connectivity index (χ4n) is 1.22. The second-order valence-corrected chi connectivity index (χ2v) is 3.14. The lowest BCUT2D eigenvalue weighted by Crippen LogP contribution is -2.33. The maximum absolute atomic E-state index is 10.8. The molecule has 4 N–H and O–H groups in total. The predicted molar refractivity (Wildman–Crippen MR) is 61.7 cm³/mol. The number of carbonyl (C=O) groups excluding carboxylic acids is 1. The van der Waals surface area contributed by atoms with E-state index in [1.807, 2.05) is 0 Å². The van der Waals surface area contributed by atoms with Crippen molar-refractivity contribution >= 4 is 17.5 Å². The van der Waals surface area contributed by atoms with Crippen LogP contribution in [0.15, 0.2) is 12.3 Å². The third-order valence-corrected chi connectivity index (χ3v) is 1.94. The summed E-state index contributed by atoms with van der Waals surface area (Å²) in [7, 11) is 0. The number of hydrogen-bond acceptors (Lipinski definition) is 6. The van der Waals surface area contributed by atoms with Gasteiger partial charge in [-0.05, 0) is 6.07 Å². The van der Waals surface area contributed by atoms with E-state index in [4.69, 9.17) is 11.0 Å². The lowest BCUT2D eigenvalue weighted by atomic mass is 10.2. The molecular weight excluding hydrogens is 240 g/mol. The van der Waals surface area contributed by atoms with Crippen LogP contribution in [0.25, 0.3) is 0 Å². The first-order valence-corrected chi connectivity index (χ1v) is 4.87. The van der Waals surface area contributed by atoms with Crippen LogP contribution in [0.1, 0.15) is 5.56 Å². The van der Waals surface area contributed by atoms with Gasteiger partial charge in [-0.25, -0.2) is 9.78 Å². The number of anilines is 1. The molecule has 18 heavy (non-hydrogen) atoms. The standard InChI is InChI=1S/C9H10N6O3/c10-5-6-1-2-12-8(7(6)15(17)18)13-3-4-14-9(11)16/h1-2H,3-4H2,(H,12,13)(H3,11,14,16). The van der Waals surface area contributed by atoms with Gasteiger partial charge in [0.15, 0.2) is 0 Å². The molecule has 0 unspecified atom stereocenters. The molecule has 0 saturated carbocycles. The molecule has 0 aromatic carbocycles. The van der Waals surface area contributed by atoms with Gasteiger partial charge >= 0.3 is 11.7 Å². The lowest BCUT2D eigenvalue weighted by Gasteiger charge is -2.06. The topological polar surface area (TPSA) is 147 Å². The predicted octanol–water partition coefficient (Wildman–Crippen LogP) is -0.0583. The van der Waals surface area contributed by atoms with E-state index in [9.17, 15) is 14.9 Å². The van der Waals surface area contributed by atoms with Crippen molar-refractivity contribution in [3.8, 4) is 6.07 Å². The number of urea groups is 1. The molecule has 1 aromatic heterocycles. The Morgan fingerprint density at radius 1 is 1.61 bits per heavy atom. The zero-order chi connectivity index (χ0) is 13.5. The molecular formula is C9H10N6O3. The number of aromatic nitrogens is 1. The van der Waals surface area contributed by atoms with Crippen LogP contribution in [0.2, 0.25) is 0 Å². The van der Waals surface area contributed by atoms with Gasteiger partial charge in [0.1, 0.15) is 11.6 Å². The summed E-state index contributed by atoms with van der Waals surface area (Å²) in [6.45, 7) is 0.386. The van der Waals surface area contributed by atoms with E-state index < -0.39 is 11.0 Å². The quantitative estimate of drug-likeness (QED) is 0.379. The van der Waals surface area contributed by atoms with Crippen LogP contribution in [-0.4, -0.2) is 29.0 Å². The zero-order valence-corrected chi connectivity index (χ0v) is 9.21. The van der Waals surface area contributed by atoms with Gasteiger partial charge in [0.05, 0.1) is 4.92 Å². The highest BCUT2D eigenvalue weighted by Crippen LogP contribution is 2.25. The van der Waals surface area contributed by atoms with E-state index in [1.54, 1.807) is 6.07 Å². The van der Waals surface area contributed by atoms with Crippen molar-refractivity contribution in [1.29, 1.82) is 5.26 Å². The van der Waals surface area contributed by atoms with Crippen molar-refractivity contribution < 1.29 is 9.72 Å². The van der Waals surface area contributed by atoms with Crippen molar-refractivity contribution in [2.45, 2.75) is 0 Å². The summed E-state index contributed by atoms with van der Waals surface area (Å²) in [5.74, 6) is -0.0229. The van der Waals surface area contributed by atoms with E-state index in [-0.39, 0.29) is 30.2 Å². The molecule has 1 rings (SSSR count). The number of primary amides is 1. The number of nitriles is 1. The molecule has 2 amide bonds. The Hall–Kier alpha value is -2.89. The van der Waals surface area contributed by atoms with Crippen molar-refractivity contribution in [3.63, 3.8) is 0 Å². The number of nitrogens with zero attached hydrogens (tertiary/aromatic N) is 3. The summed E-state index contributed by atoms with van der Waals surface area (Å²) in [4.78, 5) is 24.3. The zero-order valence-electron chi connectivity index (χ0n) is 9.21. The number of rotatable bonds is 5. The number of pyridine rings is 1. The summed E-state index contributed by atoms with van der Waals surface area (Å²) < 4.78 is 0. The average molecular weight is 250 g/mol. The van der Waals surface area contributed by atoms with Gasteiger partial charge in [0.25, 0.3) is 0 Å². The third-order valence-electron chi connectivity index (χ3n) is 1.94. The van der Waals surface area contributed by atoms with Gasteiger partial charge in [0.2, 0.25) is 5.82 Å². The summed E-state index contributed by atoms with van der Waals surface area (Å²) in [5, 5.41) is 24.5. The fourth-order valence-corrected chi connectivity index (χ4v) is 1.22. The van der Waals surface area contributed by atoms with Crippen LogP contribution in [-0.2, 0) is 0 Å². The van der Waals surface area contributed by atoms with Gasteiger partial charge in [-0.15, -0.1) is 0 Å². The fraction of sp³-hybridized carbons (Fsp3) is 0.222. The van der Waals surface area contributed by atoms with Gasteiger partial charge in [-0.2, -0.15) is 5.26 Å². The summed E-state index contributed by atoms with van der Waals surface area (Å²) in [6, 6.07) is 2.28. The second kappa shape index (κ2) is 6.00. The van der Waals surface area contributed by atoms with Crippen LogP contribution < -0.4 is 16.4 Å². The number of nitro groups is 1. The summed E-state index contributed by atoms with van der Waals surface area (Å²) in [6.07, 6.45) is 1.29. The smallest absolute Gasteiger partial charge is 0.328 e. The number of hydrogen-bond donors (Lipinski definition) is 3. The van der Waals surface area contributed by atoms with Crippen LogP contribution in [0.3, 0.4) is 0 Å². The van der Waals surface area contributed by atoms with E-state index in [1.165, 1.54) is 12.3 Å². The third kappa shape index (κ3) is 3.31. The van der Waals surface area contributed by atoms with Crippen LogP contribution >= 0.6 is 0 Å². The maximum Gasteiger partial charge on any atom is 0.328 e. The molecule has 94 valence electrons. The van der Waals surface area contributed by atoms with Crippen LogP contribution in [0.4, 0.5) is 16.3 Å². The minimum Gasteiger partial charge on any atom is -0.363 e. The molecule has 0 aliphatic rings. The Morgan fingerprint density at radius 2 is 2.33 bits per heavy atom. The Bertz CT molecular complexity index is 510. The molecule has 1 aromatic rings. The normalized spacial score (nSPS) is 9.28. The number of amides is 2. The Labute approximate surface area is 102 Å². The highest BCUT2D eigenvalue weighted by atomic mass is 16.6. The Morgan fingerprint density at radius 3 is 2.89 bits per heavy atom. The SMILES string of the molecule is N#Cc1ccnc(NCCNC(N)=O)c1[N+](=O)[O-]. The largest absolute Gasteiger partial charge is 0.363 e. The Balaban J connectivity index is 2.80. The monoisotopic (exact) mass is 250 g/mol. The molecule has 0 aliphatic carbocycles. The maximum atomic E-state index is 10.8. The number of nitrogens with two attached hydrogens (primary N) is 1. The van der Waals surface area contributed by atoms with E-state index >= 15 is 0 Å². The average Bonchev–Trinajstić information content (AvgIpc) is 2.33. The van der Waals surface area contributed by atoms with Gasteiger partial charge < -0.3 is 16.4 Å². The highest BCUT2D eigenvalue weighted by molar-refractivity contribution is 5.71. The second-order valence-electron chi connectivity index (χ2n) is 3.14. The minimum absolute atomic E-state index is 0.0229. The Kier molecular flexibility index (Phi) is 4.39. The molecule has 0 atom stereocenters. The molecule has 0 aliphatic heterocycles. The van der Waals surface area contributed by atoms with Gasteiger partial charge in [-0.3, -0.25) is 10.1 Å². The van der Waals surface area contributed by atoms with Crippen LogP contribution in [0.5, 0.6) is 0 Å². The van der Waals surface area contributed by atoms with Crippen molar-refractivity contribution in [1.82, 2.24) is 10.3 Å². The molecule has 9 heteroatoms. The molecule has 1 heterocycles. The molecule has 0 bridgehead atoms. The van der Waals surface area contributed by atoms with Gasteiger partial charge in [-0.1, -0.05) is 0 Å².